The maximum Gasteiger partial charge on any atom is 0.247 e. The van der Waals surface area contributed by atoms with Gasteiger partial charge in [-0.05, 0) is 48.4 Å². The molecule has 0 aliphatic heterocycles. The first-order valence-corrected chi connectivity index (χ1v) is 8.65. The number of aryl methyl sites for hydroxylation is 1. The Morgan fingerprint density at radius 2 is 1.88 bits per heavy atom. The van der Waals surface area contributed by atoms with Crippen LogP contribution in [0.3, 0.4) is 0 Å². The Kier molecular flexibility index (Phi) is 4.50. The van der Waals surface area contributed by atoms with Crippen molar-refractivity contribution in [3.8, 4) is 23.0 Å². The number of imidazole rings is 1. The lowest BCUT2D eigenvalue weighted by atomic mass is 10.2. The average Bonchev–Trinajstić information content (AvgIpc) is 3.32. The number of nitrogens with zero attached hydrogens (tertiary/aromatic N) is 5. The zero-order valence-corrected chi connectivity index (χ0v) is 14.9. The fourth-order valence-electron chi connectivity index (χ4n) is 2.66. The van der Waals surface area contributed by atoms with E-state index in [0.717, 1.165) is 23.5 Å². The molecule has 6 nitrogen and oxygen atoms in total. The van der Waals surface area contributed by atoms with E-state index in [2.05, 4.69) is 27.1 Å². The number of pyridine rings is 1. The molecule has 0 aliphatic rings. The summed E-state index contributed by atoms with van der Waals surface area (Å²) in [5.41, 5.74) is 2.87. The molecule has 0 saturated heterocycles. The molecular weight excluding hydrogens is 350 g/mol. The molecule has 130 valence electrons. The van der Waals surface area contributed by atoms with Crippen molar-refractivity contribution in [3.63, 3.8) is 0 Å². The van der Waals surface area contributed by atoms with Crippen LogP contribution in [0.4, 0.5) is 0 Å². The highest BCUT2D eigenvalue weighted by molar-refractivity contribution is 6.30. The second-order valence-electron chi connectivity index (χ2n) is 5.79. The SMILES string of the molecule is CCc1ccnc(-c2nccn2Cc2nnc(-c3ccc(Cl)cc3)o2)c1. The molecule has 0 unspecified atom stereocenters. The number of aromatic nitrogens is 5. The van der Waals surface area contributed by atoms with Crippen LogP contribution >= 0.6 is 11.6 Å². The van der Waals surface area contributed by atoms with Crippen molar-refractivity contribution < 1.29 is 4.42 Å². The molecule has 3 heterocycles. The number of halogens is 1. The van der Waals surface area contributed by atoms with E-state index in [4.69, 9.17) is 16.0 Å². The van der Waals surface area contributed by atoms with Gasteiger partial charge >= 0.3 is 0 Å². The monoisotopic (exact) mass is 365 g/mol. The Balaban J connectivity index is 1.59. The number of hydrogen-bond acceptors (Lipinski definition) is 5. The number of rotatable bonds is 5. The van der Waals surface area contributed by atoms with Crippen molar-refractivity contribution in [2.45, 2.75) is 19.9 Å². The summed E-state index contributed by atoms with van der Waals surface area (Å²) in [6.45, 7) is 2.54. The van der Waals surface area contributed by atoms with Gasteiger partial charge in [0, 0.05) is 29.2 Å². The first kappa shape index (κ1) is 16.5. The molecule has 0 aliphatic carbocycles. The van der Waals surface area contributed by atoms with Gasteiger partial charge in [0.25, 0.3) is 0 Å². The molecular formula is C19H16ClN5O. The van der Waals surface area contributed by atoms with E-state index in [1.54, 1.807) is 24.5 Å². The molecule has 4 aromatic rings. The average molecular weight is 366 g/mol. The molecule has 0 fully saturated rings. The second kappa shape index (κ2) is 7.09. The molecule has 0 spiro atoms. The van der Waals surface area contributed by atoms with Gasteiger partial charge in [-0.15, -0.1) is 10.2 Å². The van der Waals surface area contributed by atoms with Crippen LogP contribution in [0.5, 0.6) is 0 Å². The maximum absolute atomic E-state index is 5.91. The summed E-state index contributed by atoms with van der Waals surface area (Å²) >= 11 is 5.91. The fraction of sp³-hybridized carbons (Fsp3) is 0.158. The highest BCUT2D eigenvalue weighted by atomic mass is 35.5. The van der Waals surface area contributed by atoms with Gasteiger partial charge in [-0.2, -0.15) is 0 Å². The first-order valence-electron chi connectivity index (χ1n) is 8.27. The molecule has 0 N–H and O–H groups in total. The minimum absolute atomic E-state index is 0.425. The molecule has 1 aromatic carbocycles. The van der Waals surface area contributed by atoms with E-state index in [0.29, 0.717) is 23.3 Å². The third-order valence-corrected chi connectivity index (χ3v) is 4.29. The predicted molar refractivity (Wildman–Crippen MR) is 98.7 cm³/mol. The summed E-state index contributed by atoms with van der Waals surface area (Å²) in [5.74, 6) is 1.73. The van der Waals surface area contributed by atoms with E-state index < -0.39 is 0 Å². The van der Waals surface area contributed by atoms with Gasteiger partial charge in [0.1, 0.15) is 12.2 Å². The summed E-state index contributed by atoms with van der Waals surface area (Å²) in [5, 5.41) is 8.92. The summed E-state index contributed by atoms with van der Waals surface area (Å²) in [6.07, 6.45) is 6.37. The van der Waals surface area contributed by atoms with E-state index in [-0.39, 0.29) is 0 Å². The lowest BCUT2D eigenvalue weighted by Crippen LogP contribution is -2.02. The van der Waals surface area contributed by atoms with Gasteiger partial charge in [-0.25, -0.2) is 4.98 Å². The third kappa shape index (κ3) is 3.36. The van der Waals surface area contributed by atoms with Crippen molar-refractivity contribution in [3.05, 3.63) is 71.5 Å². The Hall–Kier alpha value is -2.99. The van der Waals surface area contributed by atoms with E-state index in [1.165, 1.54) is 5.56 Å². The van der Waals surface area contributed by atoms with Crippen LogP contribution in [-0.2, 0) is 13.0 Å². The van der Waals surface area contributed by atoms with Gasteiger partial charge in [0.05, 0.1) is 0 Å². The number of hydrogen-bond donors (Lipinski definition) is 0. The van der Waals surface area contributed by atoms with Crippen molar-refractivity contribution in [2.24, 2.45) is 0 Å². The van der Waals surface area contributed by atoms with Gasteiger partial charge in [0.2, 0.25) is 11.8 Å². The van der Waals surface area contributed by atoms with Crippen molar-refractivity contribution >= 4 is 11.6 Å². The fourth-order valence-corrected chi connectivity index (χ4v) is 2.78. The smallest absolute Gasteiger partial charge is 0.247 e. The zero-order valence-electron chi connectivity index (χ0n) is 14.1. The molecule has 0 atom stereocenters. The molecule has 0 saturated carbocycles. The van der Waals surface area contributed by atoms with Gasteiger partial charge in [-0.3, -0.25) is 4.98 Å². The number of benzene rings is 1. The third-order valence-electron chi connectivity index (χ3n) is 4.04. The first-order chi connectivity index (χ1) is 12.7. The van der Waals surface area contributed by atoms with E-state index in [9.17, 15) is 0 Å². The van der Waals surface area contributed by atoms with E-state index >= 15 is 0 Å². The molecule has 26 heavy (non-hydrogen) atoms. The lowest BCUT2D eigenvalue weighted by molar-refractivity contribution is 0.489. The molecule has 0 bridgehead atoms. The quantitative estimate of drug-likeness (QED) is 0.528. The van der Waals surface area contributed by atoms with Crippen LogP contribution in [-0.4, -0.2) is 24.7 Å². The second-order valence-corrected chi connectivity index (χ2v) is 6.23. The Bertz CT molecular complexity index is 1020. The predicted octanol–water partition coefficient (Wildman–Crippen LogP) is 4.26. The molecule has 7 heteroatoms. The van der Waals surface area contributed by atoms with Crippen molar-refractivity contribution in [1.29, 1.82) is 0 Å². The topological polar surface area (TPSA) is 69.6 Å². The molecule has 0 amide bonds. The minimum atomic E-state index is 0.425. The Labute approximate surface area is 155 Å². The minimum Gasteiger partial charge on any atom is -0.419 e. The van der Waals surface area contributed by atoms with Crippen LogP contribution in [0.15, 0.2) is 59.4 Å². The lowest BCUT2D eigenvalue weighted by Gasteiger charge is -2.06. The van der Waals surface area contributed by atoms with Crippen molar-refractivity contribution in [2.75, 3.05) is 0 Å². The molecule has 4 rings (SSSR count). The summed E-state index contributed by atoms with van der Waals surface area (Å²) in [6, 6.07) is 11.3. The molecule has 0 radical (unpaired) electrons. The van der Waals surface area contributed by atoms with Crippen LogP contribution in [0, 0.1) is 0 Å². The van der Waals surface area contributed by atoms with Gasteiger partial charge < -0.3 is 8.98 Å². The van der Waals surface area contributed by atoms with Crippen molar-refractivity contribution in [1.82, 2.24) is 24.7 Å². The molecule has 3 aromatic heterocycles. The van der Waals surface area contributed by atoms with Gasteiger partial charge in [0.15, 0.2) is 5.82 Å². The highest BCUT2D eigenvalue weighted by Gasteiger charge is 2.13. The standard InChI is InChI=1S/C19H16ClN5O/c1-2-13-7-8-21-16(11-13)18-22-9-10-25(18)12-17-23-24-19(26-17)14-3-5-15(20)6-4-14/h3-11H,2,12H2,1H3. The largest absolute Gasteiger partial charge is 0.419 e. The normalized spacial score (nSPS) is 11.0. The highest BCUT2D eigenvalue weighted by Crippen LogP contribution is 2.22. The van der Waals surface area contributed by atoms with Crippen LogP contribution in [0.25, 0.3) is 23.0 Å². The van der Waals surface area contributed by atoms with Crippen LogP contribution < -0.4 is 0 Å². The Morgan fingerprint density at radius 3 is 2.69 bits per heavy atom. The summed E-state index contributed by atoms with van der Waals surface area (Å²) in [4.78, 5) is 8.86. The summed E-state index contributed by atoms with van der Waals surface area (Å²) < 4.78 is 7.73. The maximum atomic E-state index is 5.91. The Morgan fingerprint density at radius 1 is 1.04 bits per heavy atom. The zero-order chi connectivity index (χ0) is 17.9. The summed E-state index contributed by atoms with van der Waals surface area (Å²) in [7, 11) is 0. The van der Waals surface area contributed by atoms with Crippen LogP contribution in [0.2, 0.25) is 5.02 Å². The van der Waals surface area contributed by atoms with Crippen LogP contribution in [0.1, 0.15) is 18.4 Å². The van der Waals surface area contributed by atoms with Gasteiger partial charge in [-0.1, -0.05) is 18.5 Å². The van der Waals surface area contributed by atoms with E-state index in [1.807, 2.05) is 35.0 Å².